The number of ether oxygens (including phenoxy) is 1. The van der Waals surface area contributed by atoms with E-state index in [1.807, 2.05) is 35.7 Å². The number of aromatic nitrogens is 2. The number of amides is 1. The van der Waals surface area contributed by atoms with E-state index in [2.05, 4.69) is 9.97 Å². The molecule has 0 unspecified atom stereocenters. The number of methoxy groups -OCH3 is 1. The van der Waals surface area contributed by atoms with Crippen molar-refractivity contribution in [3.05, 3.63) is 57.5 Å². The third-order valence-corrected chi connectivity index (χ3v) is 4.84. The van der Waals surface area contributed by atoms with Gasteiger partial charge in [0.05, 0.1) is 19.2 Å². The SMILES string of the molecule is COc1cccc(CCC(=O)N(C)Cc2nc3ccsc3c(=O)[nH]2)c1. The number of rotatable bonds is 6. The summed E-state index contributed by atoms with van der Waals surface area (Å²) in [6, 6.07) is 9.49. The Bertz CT molecular complexity index is 948. The lowest BCUT2D eigenvalue weighted by Gasteiger charge is -2.16. The second-order valence-electron chi connectivity index (χ2n) is 5.75. The third-order valence-electron chi connectivity index (χ3n) is 3.94. The summed E-state index contributed by atoms with van der Waals surface area (Å²) in [6.45, 7) is 0.276. The molecule has 0 spiro atoms. The van der Waals surface area contributed by atoms with Crippen LogP contribution in [0, 0.1) is 0 Å². The van der Waals surface area contributed by atoms with Gasteiger partial charge in [0.2, 0.25) is 5.91 Å². The van der Waals surface area contributed by atoms with Crippen LogP contribution in [0.4, 0.5) is 0 Å². The molecule has 1 N–H and O–H groups in total. The van der Waals surface area contributed by atoms with Gasteiger partial charge in [0.1, 0.15) is 16.3 Å². The number of nitrogens with zero attached hydrogens (tertiary/aromatic N) is 2. The molecule has 1 amide bonds. The van der Waals surface area contributed by atoms with Crippen LogP contribution in [0.5, 0.6) is 5.75 Å². The van der Waals surface area contributed by atoms with Crippen LogP contribution in [0.1, 0.15) is 17.8 Å². The molecule has 0 atom stereocenters. The summed E-state index contributed by atoms with van der Waals surface area (Å²) in [4.78, 5) is 33.1. The minimum absolute atomic E-state index is 0.00381. The van der Waals surface area contributed by atoms with E-state index < -0.39 is 0 Å². The fourth-order valence-corrected chi connectivity index (χ4v) is 3.30. The lowest BCUT2D eigenvalue weighted by atomic mass is 10.1. The number of carbonyl (C=O) groups excluding carboxylic acids is 1. The first-order chi connectivity index (χ1) is 12.1. The summed E-state index contributed by atoms with van der Waals surface area (Å²) in [6.07, 6.45) is 1.02. The Morgan fingerprint density at radius 1 is 1.36 bits per heavy atom. The van der Waals surface area contributed by atoms with Crippen molar-refractivity contribution in [1.29, 1.82) is 0 Å². The van der Waals surface area contributed by atoms with Crippen molar-refractivity contribution in [2.45, 2.75) is 19.4 Å². The van der Waals surface area contributed by atoms with Gasteiger partial charge in [-0.15, -0.1) is 11.3 Å². The van der Waals surface area contributed by atoms with Crippen molar-refractivity contribution in [3.8, 4) is 5.75 Å². The molecular formula is C18H19N3O3S. The number of fused-ring (bicyclic) bond motifs is 1. The maximum Gasteiger partial charge on any atom is 0.268 e. The fraction of sp³-hybridized carbons (Fsp3) is 0.278. The van der Waals surface area contributed by atoms with E-state index in [0.29, 0.717) is 28.9 Å². The monoisotopic (exact) mass is 357 g/mol. The molecule has 0 radical (unpaired) electrons. The van der Waals surface area contributed by atoms with Gasteiger partial charge in [-0.05, 0) is 35.6 Å². The summed E-state index contributed by atoms with van der Waals surface area (Å²) in [5, 5.41) is 1.83. The van der Waals surface area contributed by atoms with Crippen LogP contribution in [-0.2, 0) is 17.8 Å². The van der Waals surface area contributed by atoms with E-state index in [0.717, 1.165) is 11.3 Å². The zero-order valence-electron chi connectivity index (χ0n) is 14.1. The minimum atomic E-state index is -0.160. The second kappa shape index (κ2) is 7.48. The number of aromatic amines is 1. The highest BCUT2D eigenvalue weighted by molar-refractivity contribution is 7.17. The fourth-order valence-electron chi connectivity index (χ4n) is 2.58. The number of benzene rings is 1. The molecule has 0 fully saturated rings. The van der Waals surface area contributed by atoms with Crippen LogP contribution in [0.2, 0.25) is 0 Å². The lowest BCUT2D eigenvalue weighted by Crippen LogP contribution is -2.28. The van der Waals surface area contributed by atoms with Crippen LogP contribution in [0.25, 0.3) is 10.2 Å². The van der Waals surface area contributed by atoms with Gasteiger partial charge in [0.25, 0.3) is 5.56 Å². The number of aryl methyl sites for hydroxylation is 1. The molecule has 0 aliphatic heterocycles. The van der Waals surface area contributed by atoms with Gasteiger partial charge in [0, 0.05) is 13.5 Å². The maximum atomic E-state index is 12.4. The number of carbonyl (C=O) groups is 1. The average Bonchev–Trinajstić information content (AvgIpc) is 3.09. The van der Waals surface area contributed by atoms with E-state index in [-0.39, 0.29) is 18.0 Å². The first kappa shape index (κ1) is 17.2. The number of hydrogen-bond donors (Lipinski definition) is 1. The molecule has 0 saturated carbocycles. The van der Waals surface area contributed by atoms with Gasteiger partial charge in [-0.25, -0.2) is 4.98 Å². The standard InChI is InChI=1S/C18H19N3O3S/c1-21(11-15-19-14-8-9-25-17(14)18(23)20-15)16(22)7-6-12-4-3-5-13(10-12)24-2/h3-5,8-10H,6-7,11H2,1-2H3,(H,19,20,23). The van der Waals surface area contributed by atoms with Crippen LogP contribution < -0.4 is 10.3 Å². The topological polar surface area (TPSA) is 75.3 Å². The Hall–Kier alpha value is -2.67. The molecule has 25 heavy (non-hydrogen) atoms. The summed E-state index contributed by atoms with van der Waals surface area (Å²) >= 11 is 1.36. The van der Waals surface area contributed by atoms with E-state index in [9.17, 15) is 9.59 Å². The molecule has 0 bridgehead atoms. The van der Waals surface area contributed by atoms with Crippen molar-refractivity contribution in [3.63, 3.8) is 0 Å². The Morgan fingerprint density at radius 2 is 2.20 bits per heavy atom. The molecule has 3 aromatic rings. The molecule has 2 heterocycles. The molecular weight excluding hydrogens is 338 g/mol. The van der Waals surface area contributed by atoms with Crippen LogP contribution in [-0.4, -0.2) is 34.9 Å². The van der Waals surface area contributed by atoms with Crippen molar-refractivity contribution in [1.82, 2.24) is 14.9 Å². The highest BCUT2D eigenvalue weighted by atomic mass is 32.1. The van der Waals surface area contributed by atoms with Crippen molar-refractivity contribution < 1.29 is 9.53 Å². The van der Waals surface area contributed by atoms with Gasteiger partial charge < -0.3 is 14.6 Å². The quantitative estimate of drug-likeness (QED) is 0.736. The lowest BCUT2D eigenvalue weighted by molar-refractivity contribution is -0.130. The Labute approximate surface area is 149 Å². The molecule has 3 rings (SSSR count). The van der Waals surface area contributed by atoms with Gasteiger partial charge in [-0.2, -0.15) is 0 Å². The van der Waals surface area contributed by atoms with E-state index in [1.165, 1.54) is 11.3 Å². The van der Waals surface area contributed by atoms with Gasteiger partial charge >= 0.3 is 0 Å². The molecule has 2 aromatic heterocycles. The maximum absolute atomic E-state index is 12.4. The summed E-state index contributed by atoms with van der Waals surface area (Å²) in [5.41, 5.74) is 1.56. The molecule has 130 valence electrons. The van der Waals surface area contributed by atoms with Crippen LogP contribution >= 0.6 is 11.3 Å². The minimum Gasteiger partial charge on any atom is -0.497 e. The molecule has 0 aliphatic carbocycles. The first-order valence-corrected chi connectivity index (χ1v) is 8.78. The zero-order valence-corrected chi connectivity index (χ0v) is 14.9. The Morgan fingerprint density at radius 3 is 3.00 bits per heavy atom. The van der Waals surface area contributed by atoms with Crippen molar-refractivity contribution in [2.75, 3.05) is 14.2 Å². The Balaban J connectivity index is 1.62. The highest BCUT2D eigenvalue weighted by Crippen LogP contribution is 2.15. The van der Waals surface area contributed by atoms with Gasteiger partial charge in [-0.3, -0.25) is 9.59 Å². The zero-order chi connectivity index (χ0) is 17.8. The number of hydrogen-bond acceptors (Lipinski definition) is 5. The third kappa shape index (κ3) is 4.06. The van der Waals surface area contributed by atoms with E-state index in [4.69, 9.17) is 4.74 Å². The smallest absolute Gasteiger partial charge is 0.268 e. The van der Waals surface area contributed by atoms with Gasteiger partial charge in [0.15, 0.2) is 0 Å². The Kier molecular flexibility index (Phi) is 5.14. The molecule has 1 aromatic carbocycles. The first-order valence-electron chi connectivity index (χ1n) is 7.90. The largest absolute Gasteiger partial charge is 0.497 e. The summed E-state index contributed by atoms with van der Waals surface area (Å²) in [7, 11) is 3.34. The average molecular weight is 357 g/mol. The van der Waals surface area contributed by atoms with Crippen molar-refractivity contribution >= 4 is 27.5 Å². The number of H-pyrrole nitrogens is 1. The number of nitrogens with one attached hydrogen (secondary N) is 1. The van der Waals surface area contributed by atoms with Crippen molar-refractivity contribution in [2.24, 2.45) is 0 Å². The molecule has 7 heteroatoms. The van der Waals surface area contributed by atoms with E-state index >= 15 is 0 Å². The summed E-state index contributed by atoms with van der Waals surface area (Å²) < 4.78 is 5.80. The predicted octanol–water partition coefficient (Wildman–Crippen LogP) is 2.58. The molecule has 0 saturated heterocycles. The molecule has 6 nitrogen and oxygen atoms in total. The van der Waals surface area contributed by atoms with Gasteiger partial charge in [-0.1, -0.05) is 12.1 Å². The van der Waals surface area contributed by atoms with Crippen LogP contribution in [0.3, 0.4) is 0 Å². The highest BCUT2D eigenvalue weighted by Gasteiger charge is 2.12. The summed E-state index contributed by atoms with van der Waals surface area (Å²) in [5.74, 6) is 1.27. The predicted molar refractivity (Wildman–Crippen MR) is 98.0 cm³/mol. The second-order valence-corrected chi connectivity index (χ2v) is 6.67. The molecule has 0 aliphatic rings. The number of thiophene rings is 1. The normalized spacial score (nSPS) is 10.8. The van der Waals surface area contributed by atoms with E-state index in [1.54, 1.807) is 19.1 Å². The van der Waals surface area contributed by atoms with Crippen LogP contribution in [0.15, 0.2) is 40.5 Å².